The van der Waals surface area contributed by atoms with Gasteiger partial charge in [0, 0.05) is 6.42 Å². The highest BCUT2D eigenvalue weighted by molar-refractivity contribution is 7.98. The van der Waals surface area contributed by atoms with Crippen LogP contribution in [-0.2, 0) is 0 Å². The van der Waals surface area contributed by atoms with Crippen LogP contribution in [0.4, 0.5) is 0 Å². The SMILES string of the molecule is CC[N+](C)(CC)CCCSC.[I-]. The molecular formula is C9H22INS. The minimum Gasteiger partial charge on any atom is -1.00 e. The lowest BCUT2D eigenvalue weighted by Gasteiger charge is -2.32. The van der Waals surface area contributed by atoms with Crippen molar-refractivity contribution in [2.45, 2.75) is 20.3 Å². The number of thioether (sulfide) groups is 1. The molecule has 0 aliphatic carbocycles. The standard InChI is InChI=1S/C9H22NS.HI/c1-5-10(3,6-2)8-7-9-11-4;/h5-9H2,1-4H3;1H/q+1;/p-1. The summed E-state index contributed by atoms with van der Waals surface area (Å²) in [6.45, 7) is 8.44. The van der Waals surface area contributed by atoms with Gasteiger partial charge in [-0.2, -0.15) is 11.8 Å². The van der Waals surface area contributed by atoms with Gasteiger partial charge >= 0.3 is 0 Å². The van der Waals surface area contributed by atoms with Crippen LogP contribution in [0.1, 0.15) is 20.3 Å². The van der Waals surface area contributed by atoms with Gasteiger partial charge in [0.15, 0.2) is 0 Å². The molecule has 1 nitrogen and oxygen atoms in total. The monoisotopic (exact) mass is 303 g/mol. The van der Waals surface area contributed by atoms with Crippen LogP contribution < -0.4 is 24.0 Å². The van der Waals surface area contributed by atoms with E-state index in [2.05, 4.69) is 27.2 Å². The van der Waals surface area contributed by atoms with Crippen molar-refractivity contribution in [2.24, 2.45) is 0 Å². The minimum atomic E-state index is 0. The van der Waals surface area contributed by atoms with Crippen LogP contribution in [0.5, 0.6) is 0 Å². The third kappa shape index (κ3) is 6.54. The summed E-state index contributed by atoms with van der Waals surface area (Å²) in [7, 11) is 2.35. The molecule has 0 aromatic heterocycles. The first kappa shape index (κ1) is 15.5. The third-order valence-electron chi connectivity index (χ3n) is 2.57. The van der Waals surface area contributed by atoms with E-state index in [9.17, 15) is 0 Å². The van der Waals surface area contributed by atoms with Crippen LogP contribution in [-0.4, -0.2) is 43.2 Å². The van der Waals surface area contributed by atoms with E-state index in [1.165, 1.54) is 36.3 Å². The molecule has 0 aromatic carbocycles. The predicted octanol–water partition coefficient (Wildman–Crippen LogP) is -0.770. The Morgan fingerprint density at radius 1 is 1.17 bits per heavy atom. The molecule has 12 heavy (non-hydrogen) atoms. The molecule has 0 rings (SSSR count). The molecule has 3 heteroatoms. The molecule has 0 N–H and O–H groups in total. The number of hydrogen-bond acceptors (Lipinski definition) is 1. The third-order valence-corrected chi connectivity index (χ3v) is 3.27. The van der Waals surface area contributed by atoms with Crippen molar-refractivity contribution in [2.75, 3.05) is 38.7 Å². The molecule has 0 amide bonds. The molecule has 0 radical (unpaired) electrons. The molecule has 0 unspecified atom stereocenters. The molecule has 0 fully saturated rings. The van der Waals surface area contributed by atoms with Crippen molar-refractivity contribution in [1.82, 2.24) is 0 Å². The van der Waals surface area contributed by atoms with Gasteiger partial charge in [-0.05, 0) is 25.9 Å². The maximum absolute atomic E-state index is 2.35. The summed E-state index contributed by atoms with van der Waals surface area (Å²) in [6, 6.07) is 0. The maximum atomic E-state index is 2.35. The van der Waals surface area contributed by atoms with Gasteiger partial charge < -0.3 is 28.5 Å². The number of nitrogens with zero attached hydrogens (tertiary/aromatic N) is 1. The van der Waals surface area contributed by atoms with E-state index < -0.39 is 0 Å². The average Bonchev–Trinajstić information content (AvgIpc) is 2.05. The molecule has 0 aromatic rings. The molecule has 0 saturated carbocycles. The maximum Gasteiger partial charge on any atom is 0.0792 e. The number of rotatable bonds is 6. The van der Waals surface area contributed by atoms with E-state index in [0.29, 0.717) is 0 Å². The molecule has 0 aliphatic heterocycles. The largest absolute Gasteiger partial charge is 1.00 e. The van der Waals surface area contributed by atoms with Crippen molar-refractivity contribution in [3.05, 3.63) is 0 Å². The summed E-state index contributed by atoms with van der Waals surface area (Å²) in [5, 5.41) is 0. The van der Waals surface area contributed by atoms with E-state index in [0.717, 1.165) is 0 Å². The van der Waals surface area contributed by atoms with E-state index >= 15 is 0 Å². The predicted molar refractivity (Wildman–Crippen MR) is 55.1 cm³/mol. The first-order valence-corrected chi connectivity index (χ1v) is 5.90. The molecule has 0 aliphatic rings. The Bertz CT molecular complexity index is 94.5. The van der Waals surface area contributed by atoms with E-state index in [1.54, 1.807) is 0 Å². The molecule has 0 bridgehead atoms. The number of hydrogen-bond donors (Lipinski definition) is 0. The van der Waals surface area contributed by atoms with E-state index in [1.807, 2.05) is 11.8 Å². The summed E-state index contributed by atoms with van der Waals surface area (Å²) in [5.74, 6) is 1.31. The zero-order valence-corrected chi connectivity index (χ0v) is 11.7. The van der Waals surface area contributed by atoms with Gasteiger partial charge in [-0.1, -0.05) is 0 Å². The van der Waals surface area contributed by atoms with Crippen molar-refractivity contribution < 1.29 is 28.5 Å². The van der Waals surface area contributed by atoms with Crippen LogP contribution in [0.25, 0.3) is 0 Å². The van der Waals surface area contributed by atoms with Gasteiger partial charge in [-0.15, -0.1) is 0 Å². The van der Waals surface area contributed by atoms with Gasteiger partial charge in [-0.3, -0.25) is 0 Å². The summed E-state index contributed by atoms with van der Waals surface area (Å²) in [4.78, 5) is 0. The van der Waals surface area contributed by atoms with Gasteiger partial charge in [0.25, 0.3) is 0 Å². The van der Waals surface area contributed by atoms with Crippen molar-refractivity contribution >= 4 is 11.8 Å². The van der Waals surface area contributed by atoms with Crippen LogP contribution in [0.3, 0.4) is 0 Å². The highest BCUT2D eigenvalue weighted by atomic mass is 127. The number of quaternary nitrogens is 1. The van der Waals surface area contributed by atoms with Crippen LogP contribution in [0, 0.1) is 0 Å². The fourth-order valence-electron chi connectivity index (χ4n) is 1.13. The van der Waals surface area contributed by atoms with Crippen molar-refractivity contribution in [1.29, 1.82) is 0 Å². The van der Waals surface area contributed by atoms with Crippen LogP contribution >= 0.6 is 11.8 Å². The summed E-state index contributed by atoms with van der Waals surface area (Å²) < 4.78 is 1.24. The zero-order chi connectivity index (χ0) is 8.74. The first-order chi connectivity index (χ1) is 5.18. The lowest BCUT2D eigenvalue weighted by Crippen LogP contribution is -3.00. The highest BCUT2D eigenvalue weighted by Crippen LogP contribution is 2.05. The summed E-state index contributed by atoms with van der Waals surface area (Å²) in [6.07, 6.45) is 3.54. The van der Waals surface area contributed by atoms with Crippen LogP contribution in [0.2, 0.25) is 0 Å². The van der Waals surface area contributed by atoms with Gasteiger partial charge in [0.1, 0.15) is 0 Å². The van der Waals surface area contributed by atoms with E-state index in [4.69, 9.17) is 0 Å². The average molecular weight is 303 g/mol. The quantitative estimate of drug-likeness (QED) is 0.353. The summed E-state index contributed by atoms with van der Waals surface area (Å²) >= 11 is 1.95. The summed E-state index contributed by atoms with van der Waals surface area (Å²) in [5.41, 5.74) is 0. The van der Waals surface area contributed by atoms with Crippen molar-refractivity contribution in [3.63, 3.8) is 0 Å². The highest BCUT2D eigenvalue weighted by Gasteiger charge is 2.14. The van der Waals surface area contributed by atoms with Gasteiger partial charge in [0.2, 0.25) is 0 Å². The van der Waals surface area contributed by atoms with Gasteiger partial charge in [0.05, 0.1) is 26.7 Å². The van der Waals surface area contributed by atoms with Crippen LogP contribution in [0.15, 0.2) is 0 Å². The van der Waals surface area contributed by atoms with Crippen molar-refractivity contribution in [3.8, 4) is 0 Å². The normalized spacial score (nSPS) is 11.0. The molecular weight excluding hydrogens is 281 g/mol. The smallest absolute Gasteiger partial charge is 0.0792 e. The molecule has 0 spiro atoms. The lowest BCUT2D eigenvalue weighted by molar-refractivity contribution is -0.906. The minimum absolute atomic E-state index is 0. The number of halogens is 1. The zero-order valence-electron chi connectivity index (χ0n) is 8.77. The Kier molecular flexibility index (Phi) is 11.2. The second kappa shape index (κ2) is 8.63. The Labute approximate surface area is 98.9 Å². The molecule has 0 atom stereocenters. The first-order valence-electron chi connectivity index (χ1n) is 4.51. The lowest BCUT2D eigenvalue weighted by atomic mass is 10.3. The Morgan fingerprint density at radius 3 is 2.00 bits per heavy atom. The molecule has 0 saturated heterocycles. The fraction of sp³-hybridized carbons (Fsp3) is 1.00. The topological polar surface area (TPSA) is 0 Å². The second-order valence-electron chi connectivity index (χ2n) is 3.32. The Hall–Kier alpha value is 1.04. The molecule has 76 valence electrons. The van der Waals surface area contributed by atoms with Gasteiger partial charge in [-0.25, -0.2) is 0 Å². The Morgan fingerprint density at radius 2 is 1.67 bits per heavy atom. The van der Waals surface area contributed by atoms with E-state index in [-0.39, 0.29) is 24.0 Å². The molecule has 0 heterocycles. The second-order valence-corrected chi connectivity index (χ2v) is 4.31. The fourth-order valence-corrected chi connectivity index (χ4v) is 1.55. The Balaban J connectivity index is 0.